The highest BCUT2D eigenvalue weighted by atomic mass is 79.9. The SMILES string of the molecule is O[C@H](c1ccc(Br)cc1)C12CN3CN(CN(C3)C1)C2. The minimum absolute atomic E-state index is 0.0252. The van der Waals surface area contributed by atoms with Crippen molar-refractivity contribution in [3.8, 4) is 0 Å². The van der Waals surface area contributed by atoms with E-state index in [2.05, 4.69) is 30.6 Å². The number of hydrogen-bond acceptors (Lipinski definition) is 4. The summed E-state index contributed by atoms with van der Waals surface area (Å²) in [6.45, 7) is 6.22. The van der Waals surface area contributed by atoms with E-state index in [0.29, 0.717) is 0 Å². The summed E-state index contributed by atoms with van der Waals surface area (Å²) in [6, 6.07) is 8.10. The summed E-state index contributed by atoms with van der Waals surface area (Å²) in [4.78, 5) is 7.33. The van der Waals surface area contributed by atoms with Crippen LogP contribution in [0.15, 0.2) is 28.7 Å². The zero-order valence-electron chi connectivity index (χ0n) is 10.8. The van der Waals surface area contributed by atoms with Gasteiger partial charge in [0.25, 0.3) is 0 Å². The van der Waals surface area contributed by atoms with Crippen molar-refractivity contribution in [2.75, 3.05) is 39.6 Å². The van der Waals surface area contributed by atoms with Crippen molar-refractivity contribution >= 4 is 15.9 Å². The summed E-state index contributed by atoms with van der Waals surface area (Å²) in [6.07, 6.45) is -0.381. The van der Waals surface area contributed by atoms with Crippen LogP contribution in [0.4, 0.5) is 0 Å². The van der Waals surface area contributed by atoms with Gasteiger partial charge in [-0.15, -0.1) is 0 Å². The van der Waals surface area contributed by atoms with Gasteiger partial charge in [-0.25, -0.2) is 0 Å². The van der Waals surface area contributed by atoms with Crippen LogP contribution in [0.25, 0.3) is 0 Å². The van der Waals surface area contributed by atoms with Crippen LogP contribution in [0, 0.1) is 5.41 Å². The smallest absolute Gasteiger partial charge is 0.0883 e. The van der Waals surface area contributed by atoms with Gasteiger partial charge in [-0.05, 0) is 17.7 Å². The third kappa shape index (κ3) is 1.96. The molecular formula is C14H18BrN3O. The van der Waals surface area contributed by atoms with Crippen LogP contribution in [0.3, 0.4) is 0 Å². The predicted octanol–water partition coefficient (Wildman–Crippen LogP) is 1.29. The van der Waals surface area contributed by atoms with Crippen molar-refractivity contribution in [2.45, 2.75) is 6.10 Å². The average molecular weight is 324 g/mol. The van der Waals surface area contributed by atoms with Gasteiger partial charge in [-0.3, -0.25) is 14.7 Å². The van der Waals surface area contributed by atoms with Crippen molar-refractivity contribution in [1.82, 2.24) is 14.7 Å². The monoisotopic (exact) mass is 323 g/mol. The molecule has 5 rings (SSSR count). The Hall–Kier alpha value is -0.460. The Labute approximate surface area is 121 Å². The summed E-state index contributed by atoms with van der Waals surface area (Å²) in [5.74, 6) is 0. The predicted molar refractivity (Wildman–Crippen MR) is 76.3 cm³/mol. The summed E-state index contributed by atoms with van der Waals surface area (Å²) < 4.78 is 1.06. The largest absolute Gasteiger partial charge is 0.388 e. The molecule has 4 saturated heterocycles. The highest BCUT2D eigenvalue weighted by Gasteiger charge is 2.52. The van der Waals surface area contributed by atoms with Crippen LogP contribution in [0.5, 0.6) is 0 Å². The standard InChI is InChI=1S/C14H18BrN3O/c15-12-3-1-11(2-4-12)13(19)14-5-16-8-17(6-14)10-18(7-14)9-16/h1-4,13,19H,5-10H2/t13-/m1/s1. The van der Waals surface area contributed by atoms with E-state index in [1.807, 2.05) is 24.3 Å². The first-order chi connectivity index (χ1) is 9.14. The molecule has 102 valence electrons. The molecule has 0 aromatic heterocycles. The van der Waals surface area contributed by atoms with E-state index in [9.17, 15) is 5.11 Å². The Morgan fingerprint density at radius 2 is 1.42 bits per heavy atom. The Bertz CT molecular complexity index is 455. The second kappa shape index (κ2) is 4.27. The number of halogens is 1. The molecule has 4 heterocycles. The first-order valence-electron chi connectivity index (χ1n) is 6.75. The Morgan fingerprint density at radius 1 is 0.947 bits per heavy atom. The van der Waals surface area contributed by atoms with E-state index >= 15 is 0 Å². The van der Waals surface area contributed by atoms with Gasteiger partial charge in [-0.2, -0.15) is 0 Å². The molecular weight excluding hydrogens is 306 g/mol. The molecule has 4 nitrogen and oxygen atoms in total. The molecule has 4 bridgehead atoms. The van der Waals surface area contributed by atoms with Crippen molar-refractivity contribution in [2.24, 2.45) is 5.41 Å². The van der Waals surface area contributed by atoms with Gasteiger partial charge in [0.1, 0.15) is 0 Å². The maximum absolute atomic E-state index is 10.9. The second-order valence-corrected chi connectivity index (χ2v) is 7.14. The van der Waals surface area contributed by atoms with Crippen molar-refractivity contribution in [3.05, 3.63) is 34.3 Å². The average Bonchev–Trinajstić information content (AvgIpc) is 2.37. The molecule has 0 spiro atoms. The van der Waals surface area contributed by atoms with Crippen molar-refractivity contribution in [1.29, 1.82) is 0 Å². The number of rotatable bonds is 2. The molecule has 1 N–H and O–H groups in total. The van der Waals surface area contributed by atoms with E-state index in [1.54, 1.807) is 0 Å². The van der Waals surface area contributed by atoms with Gasteiger partial charge in [0.15, 0.2) is 0 Å². The Kier molecular flexibility index (Phi) is 2.76. The van der Waals surface area contributed by atoms with Gasteiger partial charge >= 0.3 is 0 Å². The molecule has 0 amide bonds. The Balaban J connectivity index is 1.65. The fraction of sp³-hybridized carbons (Fsp3) is 0.571. The first-order valence-corrected chi connectivity index (χ1v) is 7.55. The lowest BCUT2D eigenvalue weighted by molar-refractivity contribution is -0.204. The molecule has 1 atom stereocenters. The second-order valence-electron chi connectivity index (χ2n) is 6.23. The maximum Gasteiger partial charge on any atom is 0.0883 e. The summed E-state index contributed by atoms with van der Waals surface area (Å²) in [5, 5.41) is 10.9. The fourth-order valence-corrected chi connectivity index (χ4v) is 4.29. The van der Waals surface area contributed by atoms with E-state index < -0.39 is 0 Å². The summed E-state index contributed by atoms with van der Waals surface area (Å²) in [7, 11) is 0. The molecule has 0 saturated carbocycles. The molecule has 4 fully saturated rings. The van der Waals surface area contributed by atoms with Crippen molar-refractivity contribution < 1.29 is 5.11 Å². The molecule has 0 unspecified atom stereocenters. The van der Waals surface area contributed by atoms with Crippen LogP contribution < -0.4 is 0 Å². The van der Waals surface area contributed by atoms with E-state index in [4.69, 9.17) is 0 Å². The highest BCUT2D eigenvalue weighted by molar-refractivity contribution is 9.10. The number of aliphatic hydroxyl groups excluding tert-OH is 1. The van der Waals surface area contributed by atoms with Gasteiger partial charge < -0.3 is 5.11 Å². The van der Waals surface area contributed by atoms with Crippen LogP contribution in [0.2, 0.25) is 0 Å². The van der Waals surface area contributed by atoms with Crippen LogP contribution in [0.1, 0.15) is 11.7 Å². The van der Waals surface area contributed by atoms with Crippen molar-refractivity contribution in [3.63, 3.8) is 0 Å². The number of aliphatic hydroxyl groups is 1. The number of benzene rings is 1. The zero-order chi connectivity index (χ0) is 13.0. The fourth-order valence-electron chi connectivity index (χ4n) is 4.03. The normalized spacial score (nSPS) is 41.5. The lowest BCUT2D eigenvalue weighted by atomic mass is 9.74. The van der Waals surface area contributed by atoms with Gasteiger partial charge in [0, 0.05) is 29.5 Å². The quantitative estimate of drug-likeness (QED) is 0.888. The molecule has 1 aromatic rings. The number of hydrogen-bond donors (Lipinski definition) is 1. The maximum atomic E-state index is 10.9. The molecule has 1 aromatic carbocycles. The molecule has 0 aliphatic carbocycles. The molecule has 19 heavy (non-hydrogen) atoms. The van der Waals surface area contributed by atoms with E-state index in [-0.39, 0.29) is 11.5 Å². The number of nitrogens with zero attached hydrogens (tertiary/aromatic N) is 3. The van der Waals surface area contributed by atoms with E-state index in [1.165, 1.54) is 0 Å². The van der Waals surface area contributed by atoms with Gasteiger partial charge in [-0.1, -0.05) is 28.1 Å². The lowest BCUT2D eigenvalue weighted by Gasteiger charge is -2.61. The minimum Gasteiger partial charge on any atom is -0.388 e. The van der Waals surface area contributed by atoms with E-state index in [0.717, 1.165) is 49.7 Å². The topological polar surface area (TPSA) is 30.0 Å². The minimum atomic E-state index is -0.381. The van der Waals surface area contributed by atoms with Crippen LogP contribution >= 0.6 is 15.9 Å². The zero-order valence-corrected chi connectivity index (χ0v) is 12.4. The van der Waals surface area contributed by atoms with Crippen LogP contribution in [-0.4, -0.2) is 59.4 Å². The molecule has 0 radical (unpaired) electrons. The Morgan fingerprint density at radius 3 is 1.89 bits per heavy atom. The van der Waals surface area contributed by atoms with Gasteiger partial charge in [0.2, 0.25) is 0 Å². The third-order valence-corrected chi connectivity index (χ3v) is 5.11. The lowest BCUT2D eigenvalue weighted by Crippen LogP contribution is -2.73. The molecule has 4 aliphatic rings. The molecule has 5 heteroatoms. The first kappa shape index (κ1) is 12.3. The van der Waals surface area contributed by atoms with Gasteiger partial charge in [0.05, 0.1) is 26.1 Å². The molecule has 4 aliphatic heterocycles. The summed E-state index contributed by atoms with van der Waals surface area (Å²) in [5.41, 5.74) is 1.01. The van der Waals surface area contributed by atoms with Crippen LogP contribution in [-0.2, 0) is 0 Å². The summed E-state index contributed by atoms with van der Waals surface area (Å²) >= 11 is 3.45. The highest BCUT2D eigenvalue weighted by Crippen LogP contribution is 2.44. The third-order valence-electron chi connectivity index (χ3n) is 4.58.